The highest BCUT2D eigenvalue weighted by atomic mass is 32.1. The first-order valence-corrected chi connectivity index (χ1v) is 7.79. The van der Waals surface area contributed by atoms with Gasteiger partial charge in [-0.1, -0.05) is 18.3 Å². The van der Waals surface area contributed by atoms with Crippen LogP contribution < -0.4 is 5.32 Å². The molecule has 5 nitrogen and oxygen atoms in total. The quantitative estimate of drug-likeness (QED) is 0.890. The molecule has 1 fully saturated rings. The van der Waals surface area contributed by atoms with E-state index >= 15 is 0 Å². The molecule has 1 aliphatic rings. The molecule has 1 unspecified atom stereocenters. The van der Waals surface area contributed by atoms with Gasteiger partial charge >= 0.3 is 0 Å². The number of hydrogen-bond donors (Lipinski definition) is 1. The van der Waals surface area contributed by atoms with Gasteiger partial charge in [-0.25, -0.2) is 0 Å². The van der Waals surface area contributed by atoms with Crippen molar-refractivity contribution in [3.05, 3.63) is 10.6 Å². The first-order valence-electron chi connectivity index (χ1n) is 7.02. The molecular weight excluding hydrogens is 260 g/mol. The fraction of sp³-hybridized carbons (Fsp3) is 0.769. The second-order valence-corrected chi connectivity index (χ2v) is 5.96. The predicted octanol–water partition coefficient (Wildman–Crippen LogP) is 1.56. The first-order chi connectivity index (χ1) is 9.20. The molecule has 1 N–H and O–H groups in total. The van der Waals surface area contributed by atoms with E-state index in [1.54, 1.807) is 0 Å². The fourth-order valence-corrected chi connectivity index (χ4v) is 3.18. The van der Waals surface area contributed by atoms with E-state index in [9.17, 15) is 4.79 Å². The molecule has 1 amide bonds. The van der Waals surface area contributed by atoms with Crippen molar-refractivity contribution < 1.29 is 4.79 Å². The number of aromatic nitrogens is 2. The third kappa shape index (κ3) is 3.98. The summed E-state index contributed by atoms with van der Waals surface area (Å²) in [7, 11) is 0. The summed E-state index contributed by atoms with van der Waals surface area (Å²) in [5, 5.41) is 6.93. The van der Waals surface area contributed by atoms with Crippen LogP contribution in [0.5, 0.6) is 0 Å². The van der Waals surface area contributed by atoms with Gasteiger partial charge in [-0.3, -0.25) is 4.79 Å². The van der Waals surface area contributed by atoms with Gasteiger partial charge in [0.05, 0.1) is 5.69 Å². The molecule has 2 rings (SSSR count). The van der Waals surface area contributed by atoms with Crippen LogP contribution in [0.4, 0.5) is 0 Å². The maximum absolute atomic E-state index is 12.0. The van der Waals surface area contributed by atoms with Gasteiger partial charge < -0.3 is 10.2 Å². The molecule has 1 saturated heterocycles. The SMILES string of the molecule is CCc1nnsc1C(=O)NCCN1CCCC(C)C1. The van der Waals surface area contributed by atoms with Gasteiger partial charge in [0.25, 0.3) is 5.91 Å². The first kappa shape index (κ1) is 14.4. The topological polar surface area (TPSA) is 58.1 Å². The number of aryl methyl sites for hydroxylation is 1. The third-order valence-corrected chi connectivity index (χ3v) is 4.32. The summed E-state index contributed by atoms with van der Waals surface area (Å²) in [6.45, 7) is 8.22. The average Bonchev–Trinajstić information content (AvgIpc) is 2.87. The number of nitrogens with one attached hydrogen (secondary N) is 1. The van der Waals surface area contributed by atoms with Gasteiger partial charge in [-0.15, -0.1) is 5.10 Å². The van der Waals surface area contributed by atoms with E-state index in [2.05, 4.69) is 26.7 Å². The largest absolute Gasteiger partial charge is 0.350 e. The number of rotatable bonds is 5. The van der Waals surface area contributed by atoms with E-state index in [1.165, 1.54) is 24.4 Å². The van der Waals surface area contributed by atoms with E-state index in [0.717, 1.165) is 37.7 Å². The lowest BCUT2D eigenvalue weighted by Crippen LogP contribution is -2.40. The number of hydrogen-bond acceptors (Lipinski definition) is 5. The Morgan fingerprint density at radius 2 is 2.42 bits per heavy atom. The molecule has 0 aromatic carbocycles. The van der Waals surface area contributed by atoms with Crippen LogP contribution in [0.1, 0.15) is 42.1 Å². The minimum absolute atomic E-state index is 0.0306. The molecule has 0 spiro atoms. The summed E-state index contributed by atoms with van der Waals surface area (Å²) in [4.78, 5) is 15.1. The Balaban J connectivity index is 1.75. The molecule has 1 aliphatic heterocycles. The second kappa shape index (κ2) is 6.96. The molecule has 106 valence electrons. The molecule has 2 heterocycles. The highest BCUT2D eigenvalue weighted by Gasteiger charge is 2.17. The van der Waals surface area contributed by atoms with Crippen molar-refractivity contribution in [3.8, 4) is 0 Å². The molecule has 19 heavy (non-hydrogen) atoms. The molecular formula is C13H22N4OS. The molecule has 0 aliphatic carbocycles. The van der Waals surface area contributed by atoms with Crippen LogP contribution in [0.15, 0.2) is 0 Å². The number of carbonyl (C=O) groups is 1. The van der Waals surface area contributed by atoms with Crippen molar-refractivity contribution in [2.75, 3.05) is 26.2 Å². The van der Waals surface area contributed by atoms with E-state index < -0.39 is 0 Å². The summed E-state index contributed by atoms with van der Waals surface area (Å²) in [5.74, 6) is 0.749. The third-order valence-electron chi connectivity index (χ3n) is 3.55. The van der Waals surface area contributed by atoms with E-state index in [0.29, 0.717) is 11.4 Å². The van der Waals surface area contributed by atoms with Crippen LogP contribution in [0.2, 0.25) is 0 Å². The highest BCUT2D eigenvalue weighted by Crippen LogP contribution is 2.14. The van der Waals surface area contributed by atoms with E-state index in [-0.39, 0.29) is 5.91 Å². The van der Waals surface area contributed by atoms with Crippen molar-refractivity contribution in [1.82, 2.24) is 19.8 Å². The molecule has 0 radical (unpaired) electrons. The van der Waals surface area contributed by atoms with Crippen LogP contribution in [0, 0.1) is 5.92 Å². The Kier molecular flexibility index (Phi) is 5.27. The highest BCUT2D eigenvalue weighted by molar-refractivity contribution is 7.08. The molecule has 0 bridgehead atoms. The van der Waals surface area contributed by atoms with Crippen molar-refractivity contribution in [3.63, 3.8) is 0 Å². The molecule has 0 saturated carbocycles. The van der Waals surface area contributed by atoms with E-state index in [4.69, 9.17) is 0 Å². The van der Waals surface area contributed by atoms with E-state index in [1.807, 2.05) is 6.92 Å². The lowest BCUT2D eigenvalue weighted by Gasteiger charge is -2.30. The number of carbonyl (C=O) groups excluding carboxylic acids is 1. The Bertz CT molecular complexity index is 421. The van der Waals surface area contributed by atoms with Gasteiger partial charge in [0, 0.05) is 19.6 Å². The maximum atomic E-state index is 12.0. The number of nitrogens with zero attached hydrogens (tertiary/aromatic N) is 3. The Morgan fingerprint density at radius 1 is 1.58 bits per heavy atom. The standard InChI is InChI=1S/C13H22N4OS/c1-3-11-12(19-16-15-11)13(18)14-6-8-17-7-4-5-10(2)9-17/h10H,3-9H2,1-2H3,(H,14,18). The van der Waals surface area contributed by atoms with Crippen LogP contribution in [0.25, 0.3) is 0 Å². The minimum atomic E-state index is -0.0306. The van der Waals surface area contributed by atoms with Gasteiger partial charge in [-0.05, 0) is 43.3 Å². The Labute approximate surface area is 118 Å². The average molecular weight is 282 g/mol. The van der Waals surface area contributed by atoms with Crippen molar-refractivity contribution in [2.45, 2.75) is 33.1 Å². The fourth-order valence-electron chi connectivity index (χ4n) is 2.51. The summed E-state index contributed by atoms with van der Waals surface area (Å²) in [6.07, 6.45) is 3.35. The summed E-state index contributed by atoms with van der Waals surface area (Å²) in [6, 6.07) is 0. The Hall–Kier alpha value is -1.01. The van der Waals surface area contributed by atoms with Gasteiger partial charge in [0.2, 0.25) is 0 Å². The van der Waals surface area contributed by atoms with Gasteiger partial charge in [0.1, 0.15) is 4.88 Å². The number of likely N-dealkylation sites (tertiary alicyclic amines) is 1. The monoisotopic (exact) mass is 282 g/mol. The summed E-state index contributed by atoms with van der Waals surface area (Å²) >= 11 is 1.18. The molecule has 1 atom stereocenters. The zero-order chi connectivity index (χ0) is 13.7. The Morgan fingerprint density at radius 3 is 3.16 bits per heavy atom. The zero-order valence-corrected chi connectivity index (χ0v) is 12.5. The normalized spacial score (nSPS) is 20.4. The smallest absolute Gasteiger partial charge is 0.264 e. The van der Waals surface area contributed by atoms with Crippen LogP contribution in [-0.4, -0.2) is 46.6 Å². The van der Waals surface area contributed by atoms with Crippen LogP contribution >= 0.6 is 11.5 Å². The molecule has 1 aromatic heterocycles. The number of piperidine rings is 1. The predicted molar refractivity (Wildman–Crippen MR) is 76.5 cm³/mol. The lowest BCUT2D eigenvalue weighted by molar-refractivity contribution is 0.0947. The van der Waals surface area contributed by atoms with Crippen LogP contribution in [0.3, 0.4) is 0 Å². The van der Waals surface area contributed by atoms with Crippen molar-refractivity contribution >= 4 is 17.4 Å². The van der Waals surface area contributed by atoms with Crippen molar-refractivity contribution in [1.29, 1.82) is 0 Å². The summed E-state index contributed by atoms with van der Waals surface area (Å²) < 4.78 is 3.84. The molecule has 1 aromatic rings. The minimum Gasteiger partial charge on any atom is -0.350 e. The zero-order valence-electron chi connectivity index (χ0n) is 11.7. The summed E-state index contributed by atoms with van der Waals surface area (Å²) in [5.41, 5.74) is 0.800. The molecule has 6 heteroatoms. The van der Waals surface area contributed by atoms with Gasteiger partial charge in [0.15, 0.2) is 0 Å². The van der Waals surface area contributed by atoms with Gasteiger partial charge in [-0.2, -0.15) is 0 Å². The van der Waals surface area contributed by atoms with Crippen molar-refractivity contribution in [2.24, 2.45) is 5.92 Å². The lowest BCUT2D eigenvalue weighted by atomic mass is 10.0. The van der Waals surface area contributed by atoms with Crippen LogP contribution in [-0.2, 0) is 6.42 Å². The second-order valence-electron chi connectivity index (χ2n) is 5.21. The number of amides is 1. The maximum Gasteiger partial charge on any atom is 0.264 e.